The molecule has 2 heterocycles. The highest BCUT2D eigenvalue weighted by Crippen LogP contribution is 2.35. The minimum absolute atomic E-state index is 0.199. The van der Waals surface area contributed by atoms with E-state index >= 15 is 0 Å². The van der Waals surface area contributed by atoms with E-state index in [4.69, 9.17) is 23.2 Å². The third kappa shape index (κ3) is 3.95. The maximum Gasteiger partial charge on any atom is 0.296 e. The third-order valence-electron chi connectivity index (χ3n) is 5.95. The smallest absolute Gasteiger partial charge is 0.265 e. The minimum atomic E-state index is -0.199. The van der Waals surface area contributed by atoms with Crippen LogP contribution >= 0.6 is 23.2 Å². The number of hydrogen-bond donors (Lipinski definition) is 0. The summed E-state index contributed by atoms with van der Waals surface area (Å²) in [6.45, 7) is 0. The second-order valence-corrected chi connectivity index (χ2v) is 8.86. The highest BCUT2D eigenvalue weighted by Gasteiger charge is 2.21. The molecule has 2 aromatic carbocycles. The lowest BCUT2D eigenvalue weighted by Crippen LogP contribution is -2.25. The van der Waals surface area contributed by atoms with Gasteiger partial charge in [0.15, 0.2) is 5.65 Å². The van der Waals surface area contributed by atoms with Crippen LogP contribution in [0.15, 0.2) is 59.5 Å². The van der Waals surface area contributed by atoms with Gasteiger partial charge in [0.05, 0.1) is 6.20 Å². The molecule has 1 fully saturated rings. The summed E-state index contributed by atoms with van der Waals surface area (Å²) < 4.78 is 1.38. The summed E-state index contributed by atoms with van der Waals surface area (Å²) in [5.41, 5.74) is 4.14. The highest BCUT2D eigenvalue weighted by atomic mass is 35.5. The summed E-state index contributed by atoms with van der Waals surface area (Å²) in [5.74, 6) is 0.504. The first-order valence-electron chi connectivity index (χ1n) is 10.4. The summed E-state index contributed by atoms with van der Waals surface area (Å²) in [7, 11) is 0. The monoisotopic (exact) mass is 450 g/mol. The molecule has 0 spiro atoms. The molecular formula is C24H20Cl2N4O. The SMILES string of the molecule is O=c1c(CC2CCCC2)nnc2c(-c3ccc(Cl)cc3)c(-c3ccc(Cl)cc3)cnn12. The molecular weight excluding hydrogens is 431 g/mol. The molecule has 0 N–H and O–H groups in total. The molecule has 4 aromatic rings. The maximum atomic E-state index is 13.2. The van der Waals surface area contributed by atoms with Gasteiger partial charge >= 0.3 is 0 Å². The molecule has 0 atom stereocenters. The summed E-state index contributed by atoms with van der Waals surface area (Å²) in [6, 6.07) is 15.0. The number of benzene rings is 2. The van der Waals surface area contributed by atoms with E-state index in [1.807, 2.05) is 48.5 Å². The zero-order valence-electron chi connectivity index (χ0n) is 16.8. The summed E-state index contributed by atoms with van der Waals surface area (Å²) in [5, 5.41) is 14.6. The van der Waals surface area contributed by atoms with Crippen LogP contribution in [-0.4, -0.2) is 19.8 Å². The first-order chi connectivity index (χ1) is 15.1. The van der Waals surface area contributed by atoms with E-state index in [0.717, 1.165) is 35.1 Å². The predicted molar refractivity (Wildman–Crippen MR) is 124 cm³/mol. The van der Waals surface area contributed by atoms with Crippen molar-refractivity contribution in [1.29, 1.82) is 0 Å². The molecule has 2 aromatic heterocycles. The maximum absolute atomic E-state index is 13.2. The normalized spacial score (nSPS) is 14.4. The fourth-order valence-electron chi connectivity index (χ4n) is 4.34. The van der Waals surface area contributed by atoms with Crippen LogP contribution in [0, 0.1) is 5.92 Å². The molecule has 0 saturated heterocycles. The first kappa shape index (κ1) is 20.2. The lowest BCUT2D eigenvalue weighted by molar-refractivity contribution is 0.529. The number of halogens is 2. The molecule has 5 nitrogen and oxygen atoms in total. The topological polar surface area (TPSA) is 60.2 Å². The van der Waals surface area contributed by atoms with Crippen LogP contribution < -0.4 is 5.56 Å². The first-order valence-corrected chi connectivity index (χ1v) is 11.2. The van der Waals surface area contributed by atoms with Crippen molar-refractivity contribution in [3.8, 4) is 22.3 Å². The molecule has 1 aliphatic carbocycles. The van der Waals surface area contributed by atoms with Crippen molar-refractivity contribution >= 4 is 28.8 Å². The average molecular weight is 451 g/mol. The van der Waals surface area contributed by atoms with Gasteiger partial charge in [-0.05, 0) is 41.3 Å². The van der Waals surface area contributed by atoms with Gasteiger partial charge in [-0.3, -0.25) is 4.79 Å². The van der Waals surface area contributed by atoms with Crippen molar-refractivity contribution in [3.05, 3.63) is 80.8 Å². The van der Waals surface area contributed by atoms with Crippen molar-refractivity contribution in [3.63, 3.8) is 0 Å². The second kappa shape index (κ2) is 8.40. The fraction of sp³-hybridized carbons (Fsp3) is 0.250. The summed E-state index contributed by atoms with van der Waals surface area (Å²) in [6.07, 6.45) is 7.09. The molecule has 7 heteroatoms. The Morgan fingerprint density at radius 1 is 0.871 bits per heavy atom. The van der Waals surface area contributed by atoms with Crippen LogP contribution in [0.1, 0.15) is 31.4 Å². The Kier molecular flexibility index (Phi) is 5.47. The molecule has 1 aliphatic rings. The highest BCUT2D eigenvalue weighted by molar-refractivity contribution is 6.31. The largest absolute Gasteiger partial charge is 0.296 e. The van der Waals surface area contributed by atoms with E-state index in [-0.39, 0.29) is 5.56 Å². The van der Waals surface area contributed by atoms with E-state index in [0.29, 0.717) is 33.7 Å². The molecule has 1 saturated carbocycles. The lowest BCUT2D eigenvalue weighted by atomic mass is 9.97. The van der Waals surface area contributed by atoms with Crippen LogP contribution in [0.2, 0.25) is 10.0 Å². The number of nitrogens with zero attached hydrogens (tertiary/aromatic N) is 4. The third-order valence-corrected chi connectivity index (χ3v) is 6.45. The number of aromatic nitrogens is 4. The van der Waals surface area contributed by atoms with Gasteiger partial charge in [0, 0.05) is 27.6 Å². The van der Waals surface area contributed by atoms with Gasteiger partial charge in [-0.15, -0.1) is 10.2 Å². The van der Waals surface area contributed by atoms with Crippen LogP contribution in [0.5, 0.6) is 0 Å². The Morgan fingerprint density at radius 3 is 2.13 bits per heavy atom. The predicted octanol–water partition coefficient (Wildman–Crippen LogP) is 5.86. The van der Waals surface area contributed by atoms with E-state index in [2.05, 4.69) is 15.3 Å². The lowest BCUT2D eigenvalue weighted by Gasteiger charge is -2.14. The molecule has 31 heavy (non-hydrogen) atoms. The van der Waals surface area contributed by atoms with Crippen molar-refractivity contribution in [2.24, 2.45) is 5.92 Å². The van der Waals surface area contributed by atoms with Gasteiger partial charge in [0.1, 0.15) is 5.69 Å². The number of rotatable bonds is 4. The number of hydrogen-bond acceptors (Lipinski definition) is 4. The van der Waals surface area contributed by atoms with Crippen LogP contribution in [0.3, 0.4) is 0 Å². The molecule has 156 valence electrons. The van der Waals surface area contributed by atoms with Gasteiger partial charge in [-0.2, -0.15) is 9.61 Å². The van der Waals surface area contributed by atoms with Gasteiger partial charge in [-0.1, -0.05) is 73.2 Å². The molecule has 0 aliphatic heterocycles. The molecule has 0 bridgehead atoms. The van der Waals surface area contributed by atoms with E-state index in [1.165, 1.54) is 17.4 Å². The van der Waals surface area contributed by atoms with E-state index in [1.54, 1.807) is 6.20 Å². The quantitative estimate of drug-likeness (QED) is 0.390. The molecule has 0 radical (unpaired) electrons. The summed E-state index contributed by atoms with van der Waals surface area (Å²) >= 11 is 12.2. The Hall–Kier alpha value is -2.76. The number of fused-ring (bicyclic) bond motifs is 1. The van der Waals surface area contributed by atoms with Crippen molar-refractivity contribution in [2.75, 3.05) is 0 Å². The average Bonchev–Trinajstić information content (AvgIpc) is 3.29. The Morgan fingerprint density at radius 2 is 1.48 bits per heavy atom. The van der Waals surface area contributed by atoms with Gasteiger partial charge < -0.3 is 0 Å². The van der Waals surface area contributed by atoms with Gasteiger partial charge in [-0.25, -0.2) is 0 Å². The Balaban J connectivity index is 1.71. The standard InChI is InChI=1S/C24H20Cl2N4O/c25-18-9-5-16(6-10-18)20-14-27-30-23(22(20)17-7-11-19(26)12-8-17)29-28-21(24(30)31)13-15-3-1-2-4-15/h5-12,14-15H,1-4,13H2. The van der Waals surface area contributed by atoms with Gasteiger partial charge in [0.25, 0.3) is 5.56 Å². The van der Waals surface area contributed by atoms with E-state index in [9.17, 15) is 4.79 Å². The molecule has 5 rings (SSSR count). The van der Waals surface area contributed by atoms with Crippen molar-refractivity contribution in [1.82, 2.24) is 19.8 Å². The van der Waals surface area contributed by atoms with Crippen molar-refractivity contribution < 1.29 is 0 Å². The molecule has 0 amide bonds. The molecule has 0 unspecified atom stereocenters. The van der Waals surface area contributed by atoms with Crippen LogP contribution in [0.4, 0.5) is 0 Å². The van der Waals surface area contributed by atoms with Crippen LogP contribution in [-0.2, 0) is 6.42 Å². The Bertz CT molecular complexity index is 1290. The zero-order valence-corrected chi connectivity index (χ0v) is 18.3. The van der Waals surface area contributed by atoms with Crippen LogP contribution in [0.25, 0.3) is 27.9 Å². The summed E-state index contributed by atoms with van der Waals surface area (Å²) in [4.78, 5) is 13.2. The van der Waals surface area contributed by atoms with E-state index < -0.39 is 0 Å². The van der Waals surface area contributed by atoms with Crippen molar-refractivity contribution in [2.45, 2.75) is 32.1 Å². The fourth-order valence-corrected chi connectivity index (χ4v) is 4.59. The minimum Gasteiger partial charge on any atom is -0.265 e. The second-order valence-electron chi connectivity index (χ2n) is 7.99. The van der Waals surface area contributed by atoms with Gasteiger partial charge in [0.2, 0.25) is 0 Å². The zero-order chi connectivity index (χ0) is 21.4. The Labute approximate surface area is 189 Å².